The van der Waals surface area contributed by atoms with Crippen LogP contribution in [0.1, 0.15) is 37.2 Å². The second kappa shape index (κ2) is 6.19. The molecule has 0 amide bonds. The number of halogens is 3. The molecule has 1 aromatic rings. The molecule has 0 bridgehead atoms. The molecule has 0 saturated heterocycles. The first-order valence-corrected chi connectivity index (χ1v) is 7.16. The highest BCUT2D eigenvalue weighted by Gasteiger charge is 2.34. The van der Waals surface area contributed by atoms with Gasteiger partial charge in [-0.3, -0.25) is 4.79 Å². The van der Waals surface area contributed by atoms with Gasteiger partial charge in [-0.15, -0.1) is 0 Å². The summed E-state index contributed by atoms with van der Waals surface area (Å²) in [6.45, 7) is 0. The number of rotatable bonds is 3. The van der Waals surface area contributed by atoms with Gasteiger partial charge in [0.2, 0.25) is 0 Å². The summed E-state index contributed by atoms with van der Waals surface area (Å²) in [4.78, 5) is 11.9. The molecule has 1 aliphatic rings. The Morgan fingerprint density at radius 3 is 2.67 bits per heavy atom. The zero-order valence-electron chi connectivity index (χ0n) is 9.67. The van der Waals surface area contributed by atoms with Crippen molar-refractivity contribution < 1.29 is 12.3 Å². The van der Waals surface area contributed by atoms with Crippen LogP contribution >= 0.6 is 34.6 Å². The third-order valence-corrected chi connectivity index (χ3v) is 4.17. The van der Waals surface area contributed by atoms with E-state index in [1.807, 2.05) is 0 Å². The van der Waals surface area contributed by atoms with Crippen molar-refractivity contribution in [3.8, 4) is 0 Å². The quantitative estimate of drug-likeness (QED) is 0.712. The Morgan fingerprint density at radius 1 is 1.44 bits per heavy atom. The van der Waals surface area contributed by atoms with E-state index in [4.69, 9.17) is 14.7 Å². The molecule has 98 valence electrons. The monoisotopic (exact) mass is 382 g/mol. The van der Waals surface area contributed by atoms with Crippen molar-refractivity contribution in [2.24, 2.45) is 5.92 Å². The summed E-state index contributed by atoms with van der Waals surface area (Å²) in [6, 6.07) is 4.45. The molecule has 5 heteroatoms. The summed E-state index contributed by atoms with van der Waals surface area (Å²) < 4.78 is 18.8. The summed E-state index contributed by atoms with van der Waals surface area (Å²) >= 11 is 7.30. The fourth-order valence-electron chi connectivity index (χ4n) is 2.67. The maximum Gasteiger partial charge on any atom is 0.323 e. The van der Waals surface area contributed by atoms with Crippen LogP contribution in [0.25, 0.3) is 0 Å². The lowest BCUT2D eigenvalue weighted by Gasteiger charge is -2.21. The second-order valence-electron chi connectivity index (χ2n) is 4.58. The minimum absolute atomic E-state index is 0.169. The maximum absolute atomic E-state index is 14.0. The van der Waals surface area contributed by atoms with E-state index in [1.54, 1.807) is 35.1 Å². The van der Waals surface area contributed by atoms with Crippen molar-refractivity contribution in [2.75, 3.05) is 0 Å². The van der Waals surface area contributed by atoms with Gasteiger partial charge in [0.1, 0.15) is 5.82 Å². The first kappa shape index (κ1) is 14.1. The Hall–Kier alpha value is -0.360. The Balaban J connectivity index is 2.35. The second-order valence-corrected chi connectivity index (χ2v) is 5.46. The van der Waals surface area contributed by atoms with Gasteiger partial charge in [0.05, 0.1) is 5.92 Å². The van der Waals surface area contributed by atoms with Crippen LogP contribution in [0, 0.1) is 11.7 Å². The molecule has 2 nitrogen and oxygen atoms in total. The van der Waals surface area contributed by atoms with Crippen molar-refractivity contribution in [2.45, 2.75) is 31.6 Å². The minimum Gasteiger partial charge on any atom is -0.394 e. The molecule has 0 N–H and O–H groups in total. The molecule has 1 atom stereocenters. The summed E-state index contributed by atoms with van der Waals surface area (Å²) in [7, 11) is 0. The first-order chi connectivity index (χ1) is 8.63. The van der Waals surface area contributed by atoms with Crippen LogP contribution in [-0.4, -0.2) is 5.97 Å². The van der Waals surface area contributed by atoms with Crippen molar-refractivity contribution in [3.05, 3.63) is 34.6 Å². The highest BCUT2D eigenvalue weighted by Crippen LogP contribution is 2.39. The molecule has 0 heterocycles. The lowest BCUT2D eigenvalue weighted by Crippen LogP contribution is -2.21. The summed E-state index contributed by atoms with van der Waals surface area (Å²) in [5.41, 5.74) is 0.396. The van der Waals surface area contributed by atoms with E-state index < -0.39 is 11.7 Å². The minimum atomic E-state index is -0.512. The van der Waals surface area contributed by atoms with Gasteiger partial charge in [-0.2, -0.15) is 0 Å². The zero-order chi connectivity index (χ0) is 13.1. The molecule has 2 rings (SSSR count). The van der Waals surface area contributed by atoms with E-state index in [9.17, 15) is 9.18 Å². The Kier molecular flexibility index (Phi) is 4.84. The van der Waals surface area contributed by atoms with E-state index in [0.29, 0.717) is 10.6 Å². The molecule has 1 aliphatic carbocycles. The van der Waals surface area contributed by atoms with Crippen LogP contribution < -0.4 is 0 Å². The van der Waals surface area contributed by atoms with E-state index in [2.05, 4.69) is 0 Å². The van der Waals surface area contributed by atoms with Crippen LogP contribution in [-0.2, 0) is 7.86 Å². The molecule has 0 spiro atoms. The van der Waals surface area contributed by atoms with Gasteiger partial charge in [-0.25, -0.2) is 4.39 Å². The van der Waals surface area contributed by atoms with Crippen LogP contribution in [0.5, 0.6) is 0 Å². The molecule has 1 saturated carbocycles. The normalized spacial score (nSPS) is 17.7. The van der Waals surface area contributed by atoms with Crippen LogP contribution in [0.15, 0.2) is 18.2 Å². The van der Waals surface area contributed by atoms with E-state index in [0.717, 1.165) is 25.7 Å². The molecule has 1 fully saturated rings. The lowest BCUT2D eigenvalue weighted by molar-refractivity contribution is -0.134. The summed E-state index contributed by atoms with van der Waals surface area (Å²) in [5.74, 6) is -1.14. The predicted molar refractivity (Wildman–Crippen MR) is 76.2 cm³/mol. The zero-order valence-corrected chi connectivity index (χ0v) is 12.6. The molecule has 0 aromatic heterocycles. The highest BCUT2D eigenvalue weighted by molar-refractivity contribution is 14.1. The highest BCUT2D eigenvalue weighted by atomic mass is 127. The number of hydrogen-bond donors (Lipinski definition) is 0. The Morgan fingerprint density at radius 2 is 2.11 bits per heavy atom. The average Bonchev–Trinajstić information content (AvgIpc) is 2.85. The predicted octanol–water partition coefficient (Wildman–Crippen LogP) is 4.65. The fraction of sp³-hybridized carbons (Fsp3) is 0.462. The van der Waals surface area contributed by atoms with Crippen LogP contribution in [0.2, 0.25) is 5.02 Å². The summed E-state index contributed by atoms with van der Waals surface area (Å²) in [6.07, 6.45) is 4.06. The number of benzene rings is 1. The number of carbonyl (C=O) groups is 1. The van der Waals surface area contributed by atoms with E-state index in [-0.39, 0.29) is 11.9 Å². The summed E-state index contributed by atoms with van der Waals surface area (Å²) in [5, 5.41) is 0.337. The van der Waals surface area contributed by atoms with Gasteiger partial charge >= 0.3 is 5.97 Å². The van der Waals surface area contributed by atoms with Crippen molar-refractivity contribution >= 4 is 40.6 Å². The molecule has 1 unspecified atom stereocenters. The molecule has 1 aromatic carbocycles. The topological polar surface area (TPSA) is 26.3 Å². The van der Waals surface area contributed by atoms with Gasteiger partial charge in [0.15, 0.2) is 23.0 Å². The molecular formula is C13H13ClFIO2. The Labute approximate surface area is 125 Å². The lowest BCUT2D eigenvalue weighted by atomic mass is 9.84. The maximum atomic E-state index is 14.0. The Bertz CT molecular complexity index is 447. The van der Waals surface area contributed by atoms with Gasteiger partial charge in [-0.05, 0) is 30.9 Å². The first-order valence-electron chi connectivity index (χ1n) is 5.91. The van der Waals surface area contributed by atoms with E-state index >= 15 is 0 Å². The van der Waals surface area contributed by atoms with Crippen molar-refractivity contribution in [3.63, 3.8) is 0 Å². The fourth-order valence-corrected chi connectivity index (χ4v) is 3.10. The van der Waals surface area contributed by atoms with Gasteiger partial charge in [-0.1, -0.05) is 30.5 Å². The molecular weight excluding hydrogens is 369 g/mol. The van der Waals surface area contributed by atoms with Crippen LogP contribution in [0.3, 0.4) is 0 Å². The average molecular weight is 383 g/mol. The third kappa shape index (κ3) is 2.96. The van der Waals surface area contributed by atoms with Crippen LogP contribution in [0.4, 0.5) is 4.39 Å². The molecule has 0 aliphatic heterocycles. The van der Waals surface area contributed by atoms with E-state index in [1.165, 1.54) is 6.07 Å². The molecule has 18 heavy (non-hydrogen) atoms. The van der Waals surface area contributed by atoms with Crippen molar-refractivity contribution in [1.29, 1.82) is 0 Å². The SMILES string of the molecule is O=C(OI)C(c1ccc(Cl)cc1F)C1CCCC1. The number of hydrogen-bond acceptors (Lipinski definition) is 2. The third-order valence-electron chi connectivity index (χ3n) is 3.50. The molecule has 0 radical (unpaired) electrons. The van der Waals surface area contributed by atoms with Gasteiger partial charge in [0.25, 0.3) is 0 Å². The number of carbonyl (C=O) groups excluding carboxylic acids is 1. The smallest absolute Gasteiger partial charge is 0.323 e. The standard InChI is InChI=1S/C13H13ClFIO2/c14-9-5-6-10(11(15)7-9)12(13(17)18-16)8-3-1-2-4-8/h5-8,12H,1-4H2. The van der Waals surface area contributed by atoms with Gasteiger partial charge in [0, 0.05) is 10.6 Å². The largest absolute Gasteiger partial charge is 0.394 e. The van der Waals surface area contributed by atoms with Crippen molar-refractivity contribution in [1.82, 2.24) is 0 Å². The van der Waals surface area contributed by atoms with Gasteiger partial charge < -0.3 is 3.07 Å².